The summed E-state index contributed by atoms with van der Waals surface area (Å²) in [6.45, 7) is 6.44. The van der Waals surface area contributed by atoms with E-state index in [2.05, 4.69) is 15.3 Å². The van der Waals surface area contributed by atoms with E-state index >= 15 is 0 Å². The predicted molar refractivity (Wildman–Crippen MR) is 112 cm³/mol. The molecule has 0 spiro atoms. The van der Waals surface area contributed by atoms with Gasteiger partial charge in [-0.2, -0.15) is 0 Å². The van der Waals surface area contributed by atoms with Gasteiger partial charge in [-0.25, -0.2) is 23.2 Å². The summed E-state index contributed by atoms with van der Waals surface area (Å²) in [5, 5.41) is 3.11. The van der Waals surface area contributed by atoms with Crippen LogP contribution in [-0.4, -0.2) is 53.7 Å². The van der Waals surface area contributed by atoms with Gasteiger partial charge in [-0.05, 0) is 57.0 Å². The molecule has 9 nitrogen and oxygen atoms in total. The molecule has 0 saturated heterocycles. The normalized spacial score (nSPS) is 14.1. The van der Waals surface area contributed by atoms with Gasteiger partial charge in [0, 0.05) is 24.7 Å². The number of nitrogens with one attached hydrogen (secondary N) is 1. The minimum Gasteiger partial charge on any atom is -0.478 e. The predicted octanol–water partition coefficient (Wildman–Crippen LogP) is 2.89. The van der Waals surface area contributed by atoms with E-state index in [1.165, 1.54) is 0 Å². The van der Waals surface area contributed by atoms with Crippen LogP contribution in [0.5, 0.6) is 5.75 Å². The van der Waals surface area contributed by atoms with Gasteiger partial charge in [-0.3, -0.25) is 0 Å². The molecule has 162 valence electrons. The number of hydrogen-bond donors (Lipinski definition) is 1. The number of hydrogen-bond acceptors (Lipinski definition) is 8. The first-order valence-electron chi connectivity index (χ1n) is 9.49. The highest BCUT2D eigenvalue weighted by molar-refractivity contribution is 7.90. The maximum absolute atomic E-state index is 12.3. The lowest BCUT2D eigenvalue weighted by Crippen LogP contribution is -2.40. The van der Waals surface area contributed by atoms with Crippen LogP contribution >= 0.6 is 0 Å². The number of fused-ring (bicyclic) bond motifs is 1. The van der Waals surface area contributed by atoms with Crippen molar-refractivity contribution >= 4 is 27.6 Å². The number of benzene rings is 1. The lowest BCUT2D eigenvalue weighted by atomic mass is 10.1. The molecule has 1 aliphatic rings. The Morgan fingerprint density at radius 3 is 2.57 bits per heavy atom. The molecule has 0 fully saturated rings. The van der Waals surface area contributed by atoms with E-state index in [0.717, 1.165) is 23.2 Å². The van der Waals surface area contributed by atoms with E-state index in [9.17, 15) is 13.2 Å². The molecule has 2 heterocycles. The van der Waals surface area contributed by atoms with Gasteiger partial charge in [-0.1, -0.05) is 0 Å². The Bertz CT molecular complexity index is 1020. The summed E-state index contributed by atoms with van der Waals surface area (Å²) in [6.07, 6.45) is 3.19. The summed E-state index contributed by atoms with van der Waals surface area (Å²) in [4.78, 5) is 22.9. The molecule has 1 aromatic carbocycles. The molecule has 3 rings (SSSR count). The Labute approximate surface area is 176 Å². The van der Waals surface area contributed by atoms with Crippen LogP contribution in [0.25, 0.3) is 0 Å². The lowest BCUT2D eigenvalue weighted by Gasteiger charge is -2.30. The van der Waals surface area contributed by atoms with Gasteiger partial charge in [0.05, 0.1) is 12.2 Å². The minimum absolute atomic E-state index is 0.356. The van der Waals surface area contributed by atoms with Crippen LogP contribution in [0.2, 0.25) is 0 Å². The maximum Gasteiger partial charge on any atom is 0.410 e. The molecule has 1 amide bonds. The largest absolute Gasteiger partial charge is 0.478 e. The fraction of sp³-hybridized carbons (Fsp3) is 0.450. The van der Waals surface area contributed by atoms with Crippen molar-refractivity contribution < 1.29 is 22.7 Å². The average Bonchev–Trinajstić information content (AvgIpc) is 2.65. The molecule has 0 atom stereocenters. The molecule has 1 N–H and O–H groups in total. The third-order valence-corrected chi connectivity index (χ3v) is 4.69. The Hall–Kier alpha value is -2.88. The van der Waals surface area contributed by atoms with Gasteiger partial charge in [-0.15, -0.1) is 0 Å². The fourth-order valence-corrected chi connectivity index (χ4v) is 3.13. The molecular formula is C20H26N4O5S. The van der Waals surface area contributed by atoms with Crippen LogP contribution in [0.1, 0.15) is 32.0 Å². The van der Waals surface area contributed by atoms with Gasteiger partial charge in [0.1, 0.15) is 11.4 Å². The van der Waals surface area contributed by atoms with Crippen LogP contribution in [0, 0.1) is 0 Å². The molecular weight excluding hydrogens is 408 g/mol. The number of sulfone groups is 1. The van der Waals surface area contributed by atoms with Crippen molar-refractivity contribution in [3.8, 4) is 5.75 Å². The van der Waals surface area contributed by atoms with E-state index in [4.69, 9.17) is 9.47 Å². The van der Waals surface area contributed by atoms with E-state index in [-0.39, 0.29) is 12.0 Å². The standard InChI is InChI=1S/C20H26N4O5S/c1-20(2,3)29-19(25)24-10-9-14-11-21-18(23-17(14)12-24)22-15-5-7-16(8-6-15)28-13-30(4,26)27/h5-8,11H,9-10,12-13H2,1-4H3,(H,21,22,23). The number of carbonyl (C=O) groups is 1. The number of aromatic nitrogens is 2. The molecule has 0 aliphatic carbocycles. The van der Waals surface area contributed by atoms with Crippen molar-refractivity contribution in [3.63, 3.8) is 0 Å². The summed E-state index contributed by atoms with van der Waals surface area (Å²) in [5.41, 5.74) is 1.96. The van der Waals surface area contributed by atoms with E-state index < -0.39 is 15.4 Å². The summed E-state index contributed by atoms with van der Waals surface area (Å²) in [6, 6.07) is 6.81. The molecule has 1 aromatic heterocycles. The molecule has 1 aliphatic heterocycles. The van der Waals surface area contributed by atoms with Crippen molar-refractivity contribution in [3.05, 3.63) is 41.7 Å². The average molecular weight is 435 g/mol. The summed E-state index contributed by atoms with van der Waals surface area (Å²) >= 11 is 0. The topological polar surface area (TPSA) is 111 Å². The van der Waals surface area contributed by atoms with Crippen molar-refractivity contribution in [2.45, 2.75) is 39.3 Å². The van der Waals surface area contributed by atoms with Crippen molar-refractivity contribution in [1.29, 1.82) is 0 Å². The second-order valence-electron chi connectivity index (χ2n) is 8.15. The summed E-state index contributed by atoms with van der Waals surface area (Å²) < 4.78 is 33.0. The minimum atomic E-state index is -3.21. The second kappa shape index (κ2) is 8.47. The van der Waals surface area contributed by atoms with Gasteiger partial charge in [0.15, 0.2) is 15.8 Å². The number of amides is 1. The first-order chi connectivity index (χ1) is 14.0. The number of ether oxygens (including phenoxy) is 2. The smallest absolute Gasteiger partial charge is 0.410 e. The highest BCUT2D eigenvalue weighted by Crippen LogP contribution is 2.22. The molecule has 30 heavy (non-hydrogen) atoms. The molecule has 0 radical (unpaired) electrons. The first-order valence-corrected chi connectivity index (χ1v) is 11.5. The zero-order valence-corrected chi connectivity index (χ0v) is 18.3. The highest BCUT2D eigenvalue weighted by Gasteiger charge is 2.26. The van der Waals surface area contributed by atoms with Gasteiger partial charge >= 0.3 is 6.09 Å². The highest BCUT2D eigenvalue weighted by atomic mass is 32.2. The third kappa shape index (κ3) is 6.31. The van der Waals surface area contributed by atoms with E-state index in [0.29, 0.717) is 31.2 Å². The number of nitrogens with zero attached hydrogens (tertiary/aromatic N) is 3. The lowest BCUT2D eigenvalue weighted by molar-refractivity contribution is 0.0220. The van der Waals surface area contributed by atoms with E-state index in [1.807, 2.05) is 20.8 Å². The van der Waals surface area contributed by atoms with Gasteiger partial charge in [0.25, 0.3) is 0 Å². The third-order valence-electron chi connectivity index (χ3n) is 4.15. The zero-order chi connectivity index (χ0) is 21.9. The van der Waals surface area contributed by atoms with Gasteiger partial charge in [0.2, 0.25) is 5.95 Å². The zero-order valence-electron chi connectivity index (χ0n) is 17.5. The second-order valence-corrected chi connectivity index (χ2v) is 10.2. The quantitative estimate of drug-likeness (QED) is 0.765. The molecule has 2 aromatic rings. The Balaban J connectivity index is 1.65. The fourth-order valence-electron chi connectivity index (χ4n) is 2.78. The molecule has 0 bridgehead atoms. The van der Waals surface area contributed by atoms with Crippen LogP contribution in [-0.2, 0) is 27.5 Å². The Morgan fingerprint density at radius 2 is 1.93 bits per heavy atom. The number of anilines is 2. The van der Waals surface area contributed by atoms with Crippen LogP contribution < -0.4 is 10.1 Å². The van der Waals surface area contributed by atoms with E-state index in [1.54, 1.807) is 35.4 Å². The number of rotatable bonds is 5. The SMILES string of the molecule is CC(C)(C)OC(=O)N1CCc2cnc(Nc3ccc(OCS(C)(=O)=O)cc3)nc2C1. The summed E-state index contributed by atoms with van der Waals surface area (Å²) in [5.74, 6) is 0.483. The molecule has 0 unspecified atom stereocenters. The summed E-state index contributed by atoms with van der Waals surface area (Å²) in [7, 11) is -3.21. The Morgan fingerprint density at radius 1 is 1.23 bits per heavy atom. The van der Waals surface area contributed by atoms with Gasteiger partial charge < -0.3 is 19.7 Å². The van der Waals surface area contributed by atoms with Crippen LogP contribution in [0.15, 0.2) is 30.5 Å². The molecule has 0 saturated carbocycles. The first kappa shape index (κ1) is 21.8. The maximum atomic E-state index is 12.3. The van der Waals surface area contributed by atoms with Crippen molar-refractivity contribution in [1.82, 2.24) is 14.9 Å². The van der Waals surface area contributed by atoms with Crippen molar-refractivity contribution in [2.24, 2.45) is 0 Å². The number of carbonyl (C=O) groups excluding carboxylic acids is 1. The molecule has 10 heteroatoms. The van der Waals surface area contributed by atoms with Crippen LogP contribution in [0.4, 0.5) is 16.4 Å². The van der Waals surface area contributed by atoms with Crippen LogP contribution in [0.3, 0.4) is 0 Å². The van der Waals surface area contributed by atoms with Crippen molar-refractivity contribution in [2.75, 3.05) is 24.1 Å². The Kier molecular flexibility index (Phi) is 6.16. The monoisotopic (exact) mass is 434 g/mol.